The first-order valence-electron chi connectivity index (χ1n) is 10.4. The number of benzene rings is 2. The van der Waals surface area contributed by atoms with Crippen molar-refractivity contribution in [3.05, 3.63) is 82.0 Å². The molecule has 1 atom stereocenters. The molecule has 1 amide bonds. The number of amides is 1. The summed E-state index contributed by atoms with van der Waals surface area (Å²) in [4.78, 5) is 26.5. The van der Waals surface area contributed by atoms with E-state index in [1.165, 1.54) is 11.1 Å². The smallest absolute Gasteiger partial charge is 0.335 e. The zero-order valence-electron chi connectivity index (χ0n) is 17.9. The molecule has 1 aliphatic rings. The summed E-state index contributed by atoms with van der Waals surface area (Å²) in [6.07, 6.45) is 0. The van der Waals surface area contributed by atoms with Crippen LogP contribution in [-0.4, -0.2) is 33.3 Å². The van der Waals surface area contributed by atoms with E-state index >= 15 is 0 Å². The maximum absolute atomic E-state index is 13.2. The van der Waals surface area contributed by atoms with E-state index in [2.05, 4.69) is 46.5 Å². The normalized spacial score (nSPS) is 13.7. The number of carbonyl (C=O) groups is 2. The van der Waals surface area contributed by atoms with Gasteiger partial charge in [-0.2, -0.15) is 5.10 Å². The molecule has 1 aliphatic heterocycles. The van der Waals surface area contributed by atoms with Gasteiger partial charge in [-0.15, -0.1) is 0 Å². The molecule has 0 fully saturated rings. The topological polar surface area (TPSA) is 87.5 Å². The van der Waals surface area contributed by atoms with E-state index in [1.54, 1.807) is 24.3 Å². The van der Waals surface area contributed by atoms with E-state index in [0.29, 0.717) is 11.3 Å². The van der Waals surface area contributed by atoms with Gasteiger partial charge in [-0.25, -0.2) is 9.48 Å². The molecule has 7 nitrogen and oxygen atoms in total. The van der Waals surface area contributed by atoms with Crippen molar-refractivity contribution in [2.24, 2.45) is 0 Å². The first-order valence-corrected chi connectivity index (χ1v) is 10.4. The van der Waals surface area contributed by atoms with Crippen LogP contribution in [0.3, 0.4) is 0 Å². The average molecular weight is 418 g/mol. The lowest BCUT2D eigenvalue weighted by atomic mass is 10.1. The third-order valence-corrected chi connectivity index (χ3v) is 5.71. The van der Waals surface area contributed by atoms with Gasteiger partial charge >= 0.3 is 5.97 Å². The minimum Gasteiger partial charge on any atom is -0.478 e. The third-order valence-electron chi connectivity index (χ3n) is 5.71. The highest BCUT2D eigenvalue weighted by atomic mass is 16.4. The van der Waals surface area contributed by atoms with E-state index in [-0.39, 0.29) is 17.5 Å². The quantitative estimate of drug-likeness (QED) is 0.637. The van der Waals surface area contributed by atoms with Crippen molar-refractivity contribution in [3.8, 4) is 0 Å². The van der Waals surface area contributed by atoms with E-state index in [0.717, 1.165) is 31.0 Å². The van der Waals surface area contributed by atoms with Gasteiger partial charge in [-0.1, -0.05) is 42.0 Å². The molecule has 0 saturated heterocycles. The van der Waals surface area contributed by atoms with Crippen LogP contribution < -0.4 is 10.2 Å². The van der Waals surface area contributed by atoms with Crippen molar-refractivity contribution in [1.82, 2.24) is 15.1 Å². The number of aromatic carboxylic acids is 1. The van der Waals surface area contributed by atoms with Gasteiger partial charge in [-0.3, -0.25) is 4.79 Å². The molecule has 31 heavy (non-hydrogen) atoms. The predicted octanol–water partition coefficient (Wildman–Crippen LogP) is 3.71. The molecule has 0 unspecified atom stereocenters. The maximum Gasteiger partial charge on any atom is 0.335 e. The van der Waals surface area contributed by atoms with E-state index in [1.807, 2.05) is 18.5 Å². The highest BCUT2D eigenvalue weighted by Gasteiger charge is 2.30. The van der Waals surface area contributed by atoms with Gasteiger partial charge in [0.15, 0.2) is 0 Å². The number of carboxylic acid groups (broad SMARTS) is 1. The number of carboxylic acids is 1. The van der Waals surface area contributed by atoms with Crippen LogP contribution in [0, 0.1) is 13.8 Å². The average Bonchev–Trinajstić information content (AvgIpc) is 3.27. The van der Waals surface area contributed by atoms with Crippen LogP contribution in [0.1, 0.15) is 56.1 Å². The molecule has 0 radical (unpaired) electrons. The molecule has 4 rings (SSSR count). The molecule has 7 heteroatoms. The number of nitrogens with zero attached hydrogens (tertiary/aromatic N) is 3. The summed E-state index contributed by atoms with van der Waals surface area (Å²) in [6.45, 7) is 8.09. The van der Waals surface area contributed by atoms with Gasteiger partial charge in [-0.05, 0) is 44.0 Å². The Labute approximate surface area is 181 Å². The summed E-state index contributed by atoms with van der Waals surface area (Å²) >= 11 is 0. The van der Waals surface area contributed by atoms with E-state index in [4.69, 9.17) is 5.11 Å². The Morgan fingerprint density at radius 2 is 1.74 bits per heavy atom. The predicted molar refractivity (Wildman–Crippen MR) is 118 cm³/mol. The highest BCUT2D eigenvalue weighted by Crippen LogP contribution is 2.30. The molecule has 0 aliphatic carbocycles. The second-order valence-electron chi connectivity index (χ2n) is 8.04. The Balaban J connectivity index is 1.54. The largest absolute Gasteiger partial charge is 0.478 e. The number of hydrogen-bond donors (Lipinski definition) is 2. The van der Waals surface area contributed by atoms with Crippen molar-refractivity contribution in [2.75, 3.05) is 11.4 Å². The fourth-order valence-corrected chi connectivity index (χ4v) is 3.97. The van der Waals surface area contributed by atoms with Gasteiger partial charge in [0.1, 0.15) is 11.4 Å². The van der Waals surface area contributed by atoms with E-state index < -0.39 is 5.97 Å². The summed E-state index contributed by atoms with van der Waals surface area (Å²) < 4.78 is 1.91. The first-order chi connectivity index (χ1) is 14.8. The highest BCUT2D eigenvalue weighted by molar-refractivity contribution is 6.00. The first kappa shape index (κ1) is 20.7. The molecule has 1 aromatic heterocycles. The second-order valence-corrected chi connectivity index (χ2v) is 8.04. The zero-order chi connectivity index (χ0) is 22.1. The van der Waals surface area contributed by atoms with Crippen LogP contribution in [-0.2, 0) is 13.1 Å². The second kappa shape index (κ2) is 8.26. The minimum absolute atomic E-state index is 0.177. The molecule has 160 valence electrons. The molecule has 3 aromatic rings. The monoisotopic (exact) mass is 418 g/mol. The number of hydrogen-bond acceptors (Lipinski definition) is 4. The molecular weight excluding hydrogens is 392 g/mol. The fraction of sp³-hybridized carbons (Fsp3) is 0.292. The van der Waals surface area contributed by atoms with Crippen molar-refractivity contribution in [3.63, 3.8) is 0 Å². The van der Waals surface area contributed by atoms with Crippen LogP contribution in [0.5, 0.6) is 0 Å². The van der Waals surface area contributed by atoms with Crippen molar-refractivity contribution in [1.29, 1.82) is 0 Å². The van der Waals surface area contributed by atoms with Crippen LogP contribution in [0.2, 0.25) is 0 Å². The van der Waals surface area contributed by atoms with Crippen molar-refractivity contribution >= 4 is 17.7 Å². The van der Waals surface area contributed by atoms with Gasteiger partial charge in [0.2, 0.25) is 0 Å². The number of aromatic nitrogens is 2. The third kappa shape index (κ3) is 4.17. The van der Waals surface area contributed by atoms with Gasteiger partial charge in [0, 0.05) is 13.1 Å². The lowest BCUT2D eigenvalue weighted by Crippen LogP contribution is -2.29. The number of anilines is 1. The summed E-state index contributed by atoms with van der Waals surface area (Å²) in [5, 5.41) is 16.7. The Morgan fingerprint density at radius 3 is 2.39 bits per heavy atom. The Bertz CT molecular complexity index is 1120. The number of carbonyl (C=O) groups excluding carboxylic acids is 1. The molecule has 2 heterocycles. The Kier molecular flexibility index (Phi) is 5.50. The standard InChI is InChI=1S/C24H26N4O3/c1-15-4-6-18(7-5-15)14-27-12-13-28-23(27)21(17(3)26-28)22(29)25-16(2)19-8-10-20(11-9-19)24(30)31/h4-11,16H,12-14H2,1-3H3,(H,25,29)(H,30,31)/t16-/m0/s1. The SMILES string of the molecule is Cc1ccc(CN2CCn3nc(C)c(C(=O)N[C@@H](C)c4ccc(C(=O)O)cc4)c32)cc1. The van der Waals surface area contributed by atoms with Crippen molar-refractivity contribution in [2.45, 2.75) is 39.9 Å². The van der Waals surface area contributed by atoms with Gasteiger partial charge in [0.05, 0.1) is 23.8 Å². The lowest BCUT2D eigenvalue weighted by molar-refractivity contribution is 0.0696. The number of rotatable bonds is 6. The van der Waals surface area contributed by atoms with Crippen LogP contribution in [0.4, 0.5) is 5.82 Å². The molecule has 0 saturated carbocycles. The maximum atomic E-state index is 13.2. The summed E-state index contributed by atoms with van der Waals surface area (Å²) in [7, 11) is 0. The van der Waals surface area contributed by atoms with Crippen LogP contribution in [0.15, 0.2) is 48.5 Å². The molecule has 0 bridgehead atoms. The van der Waals surface area contributed by atoms with Gasteiger partial charge in [0.25, 0.3) is 5.91 Å². The molecule has 2 aromatic carbocycles. The summed E-state index contributed by atoms with van der Waals surface area (Å²) in [5.41, 5.74) is 4.77. The van der Waals surface area contributed by atoms with Crippen molar-refractivity contribution < 1.29 is 14.7 Å². The Hall–Kier alpha value is -3.61. The molecular formula is C24H26N4O3. The lowest BCUT2D eigenvalue weighted by Gasteiger charge is -2.20. The number of aryl methyl sites for hydroxylation is 2. The summed E-state index contributed by atoms with van der Waals surface area (Å²) in [5.74, 6) is -0.295. The van der Waals surface area contributed by atoms with Gasteiger partial charge < -0.3 is 15.3 Å². The van der Waals surface area contributed by atoms with E-state index in [9.17, 15) is 9.59 Å². The zero-order valence-corrected chi connectivity index (χ0v) is 17.9. The minimum atomic E-state index is -0.969. The van der Waals surface area contributed by atoms with Crippen LogP contribution in [0.25, 0.3) is 0 Å². The molecule has 0 spiro atoms. The molecule has 2 N–H and O–H groups in total. The fourth-order valence-electron chi connectivity index (χ4n) is 3.97. The number of fused-ring (bicyclic) bond motifs is 1. The summed E-state index contributed by atoms with van der Waals surface area (Å²) in [6, 6.07) is 14.7. The Morgan fingerprint density at radius 1 is 1.06 bits per heavy atom. The number of nitrogens with one attached hydrogen (secondary N) is 1. The van der Waals surface area contributed by atoms with Crippen LogP contribution >= 0.6 is 0 Å².